The molecule has 0 spiro atoms. The molecule has 0 radical (unpaired) electrons. The van der Waals surface area contributed by atoms with Gasteiger partial charge < -0.3 is 19.0 Å². The first kappa shape index (κ1) is 23.9. The molecule has 182 valence electrons. The van der Waals surface area contributed by atoms with E-state index in [1.807, 2.05) is 19.9 Å². The Morgan fingerprint density at radius 3 is 2.77 bits per heavy atom. The number of nitro benzene ring substituents is 1. The Morgan fingerprint density at radius 2 is 2.00 bits per heavy atom. The molecule has 0 aliphatic carbocycles. The van der Waals surface area contributed by atoms with Gasteiger partial charge in [0.05, 0.1) is 23.7 Å². The van der Waals surface area contributed by atoms with Gasteiger partial charge >= 0.3 is 5.63 Å². The molecule has 2 heterocycles. The summed E-state index contributed by atoms with van der Waals surface area (Å²) in [6, 6.07) is 11.1. The van der Waals surface area contributed by atoms with Crippen LogP contribution in [-0.4, -0.2) is 37.7 Å². The second kappa shape index (κ2) is 10.3. The van der Waals surface area contributed by atoms with Gasteiger partial charge in [0.2, 0.25) is 0 Å². The van der Waals surface area contributed by atoms with Crippen molar-refractivity contribution in [2.75, 3.05) is 6.61 Å². The summed E-state index contributed by atoms with van der Waals surface area (Å²) < 4.78 is 18.1. The van der Waals surface area contributed by atoms with Crippen LogP contribution >= 0.6 is 0 Å². The minimum absolute atomic E-state index is 0.0128. The minimum atomic E-state index is -0.880. The van der Waals surface area contributed by atoms with E-state index in [2.05, 4.69) is 10.3 Å². The highest BCUT2D eigenvalue weighted by Crippen LogP contribution is 2.24. The third-order valence-corrected chi connectivity index (χ3v) is 5.45. The number of nitro groups is 1. The highest BCUT2D eigenvalue weighted by atomic mass is 16.6. The zero-order valence-electron chi connectivity index (χ0n) is 19.2. The third-order valence-electron chi connectivity index (χ3n) is 5.45. The molecule has 0 amide bonds. The number of aryl methyl sites for hydroxylation is 1. The molecule has 2 aromatic carbocycles. The Labute approximate surface area is 199 Å². The second-order valence-corrected chi connectivity index (χ2v) is 7.94. The summed E-state index contributed by atoms with van der Waals surface area (Å²) in [7, 11) is 0. The standard InChI is InChI=1S/C24H24N4O7/c1-3-21-15(2)22-8-7-20(10-23(22)35-24(21)30)34-14-18(29)12-27-11-16(25-26-27)13-33-19-6-4-5-17(9-19)28(31)32/h4-11,18,29H,3,12-14H2,1-2H3. The van der Waals surface area contributed by atoms with Crippen LogP contribution in [0.5, 0.6) is 11.5 Å². The van der Waals surface area contributed by atoms with Crippen molar-refractivity contribution in [1.82, 2.24) is 15.0 Å². The smallest absolute Gasteiger partial charge is 0.339 e. The number of hydrogen-bond donors (Lipinski definition) is 1. The molecule has 0 aliphatic heterocycles. The fourth-order valence-electron chi connectivity index (χ4n) is 3.67. The molecule has 4 aromatic rings. The largest absolute Gasteiger partial charge is 0.491 e. The molecule has 0 bridgehead atoms. The normalized spacial score (nSPS) is 12.0. The van der Waals surface area contributed by atoms with E-state index >= 15 is 0 Å². The van der Waals surface area contributed by atoms with Crippen LogP contribution in [0, 0.1) is 17.0 Å². The molecule has 0 fully saturated rings. The van der Waals surface area contributed by atoms with E-state index in [9.17, 15) is 20.0 Å². The highest BCUT2D eigenvalue weighted by molar-refractivity contribution is 5.82. The van der Waals surface area contributed by atoms with Crippen molar-refractivity contribution in [1.29, 1.82) is 0 Å². The fraction of sp³-hybridized carbons (Fsp3) is 0.292. The Bertz CT molecular complexity index is 1410. The summed E-state index contributed by atoms with van der Waals surface area (Å²) in [5.41, 5.74) is 2.05. The van der Waals surface area contributed by atoms with Crippen LogP contribution in [0.25, 0.3) is 11.0 Å². The molecule has 0 aliphatic rings. The van der Waals surface area contributed by atoms with E-state index in [0.29, 0.717) is 34.8 Å². The van der Waals surface area contributed by atoms with Crippen LogP contribution in [0.1, 0.15) is 23.7 Å². The molecule has 4 rings (SSSR count). The molecule has 0 saturated carbocycles. The van der Waals surface area contributed by atoms with Gasteiger partial charge in [0.25, 0.3) is 5.69 Å². The minimum Gasteiger partial charge on any atom is -0.491 e. The van der Waals surface area contributed by atoms with Gasteiger partial charge in [-0.3, -0.25) is 10.1 Å². The van der Waals surface area contributed by atoms with Gasteiger partial charge in [-0.1, -0.05) is 18.2 Å². The Morgan fingerprint density at radius 1 is 1.20 bits per heavy atom. The summed E-state index contributed by atoms with van der Waals surface area (Å²) in [6.45, 7) is 3.98. The number of benzene rings is 2. The van der Waals surface area contributed by atoms with Crippen LogP contribution in [0.2, 0.25) is 0 Å². The number of nitrogens with zero attached hydrogens (tertiary/aromatic N) is 4. The predicted molar refractivity (Wildman–Crippen MR) is 126 cm³/mol. The van der Waals surface area contributed by atoms with Crippen LogP contribution < -0.4 is 15.1 Å². The molecule has 35 heavy (non-hydrogen) atoms. The lowest BCUT2D eigenvalue weighted by Gasteiger charge is -2.13. The monoisotopic (exact) mass is 480 g/mol. The van der Waals surface area contributed by atoms with Crippen molar-refractivity contribution < 1.29 is 23.9 Å². The summed E-state index contributed by atoms with van der Waals surface area (Å²) in [5, 5.41) is 30.0. The zero-order chi connectivity index (χ0) is 24.9. The lowest BCUT2D eigenvalue weighted by Crippen LogP contribution is -2.24. The molecular formula is C24H24N4O7. The topological polar surface area (TPSA) is 143 Å². The van der Waals surface area contributed by atoms with Gasteiger partial charge in [-0.15, -0.1) is 5.10 Å². The average Bonchev–Trinajstić information content (AvgIpc) is 3.28. The van der Waals surface area contributed by atoms with Crippen molar-refractivity contribution in [3.05, 3.63) is 86.0 Å². The number of fused-ring (bicyclic) bond motifs is 1. The van der Waals surface area contributed by atoms with Crippen LogP contribution in [0.4, 0.5) is 5.69 Å². The summed E-state index contributed by atoms with van der Waals surface area (Å²) in [6.07, 6.45) is 1.33. The summed E-state index contributed by atoms with van der Waals surface area (Å²) in [4.78, 5) is 22.5. The van der Waals surface area contributed by atoms with Crippen molar-refractivity contribution >= 4 is 16.7 Å². The average molecular weight is 480 g/mol. The first-order chi connectivity index (χ1) is 16.8. The van der Waals surface area contributed by atoms with Gasteiger partial charge in [0.1, 0.15) is 42.1 Å². The molecule has 11 heteroatoms. The van der Waals surface area contributed by atoms with Crippen molar-refractivity contribution in [3.63, 3.8) is 0 Å². The molecular weight excluding hydrogens is 456 g/mol. The number of aliphatic hydroxyl groups is 1. The van der Waals surface area contributed by atoms with Crippen molar-refractivity contribution in [3.8, 4) is 11.5 Å². The van der Waals surface area contributed by atoms with Gasteiger partial charge in [-0.2, -0.15) is 0 Å². The van der Waals surface area contributed by atoms with E-state index in [0.717, 1.165) is 10.9 Å². The lowest BCUT2D eigenvalue weighted by molar-refractivity contribution is -0.384. The maximum Gasteiger partial charge on any atom is 0.339 e. The second-order valence-electron chi connectivity index (χ2n) is 7.94. The first-order valence-electron chi connectivity index (χ1n) is 11.0. The maximum absolute atomic E-state index is 12.1. The molecule has 1 N–H and O–H groups in total. The van der Waals surface area contributed by atoms with E-state index in [1.54, 1.807) is 24.4 Å². The Kier molecular flexibility index (Phi) is 7.06. The van der Waals surface area contributed by atoms with Gasteiger partial charge in [0.15, 0.2) is 0 Å². The first-order valence-corrected chi connectivity index (χ1v) is 11.0. The number of aromatic nitrogens is 3. The molecule has 0 saturated heterocycles. The number of aliphatic hydroxyl groups excluding tert-OH is 1. The number of non-ortho nitro benzene ring substituents is 1. The number of rotatable bonds is 10. The van der Waals surface area contributed by atoms with Crippen LogP contribution in [0.15, 0.2) is 57.9 Å². The van der Waals surface area contributed by atoms with Crippen LogP contribution in [0.3, 0.4) is 0 Å². The van der Waals surface area contributed by atoms with Gasteiger partial charge in [-0.05, 0) is 37.1 Å². The lowest BCUT2D eigenvalue weighted by atomic mass is 10.0. The summed E-state index contributed by atoms with van der Waals surface area (Å²) >= 11 is 0. The molecule has 1 atom stereocenters. The van der Waals surface area contributed by atoms with E-state index < -0.39 is 11.0 Å². The molecule has 11 nitrogen and oxygen atoms in total. The quantitative estimate of drug-likeness (QED) is 0.206. The van der Waals surface area contributed by atoms with Gasteiger partial charge in [-0.25, -0.2) is 9.48 Å². The zero-order valence-corrected chi connectivity index (χ0v) is 19.2. The maximum atomic E-state index is 12.1. The molecule has 1 unspecified atom stereocenters. The number of ether oxygens (including phenoxy) is 2. The number of hydrogen-bond acceptors (Lipinski definition) is 9. The van der Waals surface area contributed by atoms with Crippen molar-refractivity contribution in [2.45, 2.75) is 39.5 Å². The highest BCUT2D eigenvalue weighted by Gasteiger charge is 2.13. The van der Waals surface area contributed by atoms with Crippen LogP contribution in [-0.2, 0) is 19.6 Å². The Hall–Kier alpha value is -4.25. The fourth-order valence-corrected chi connectivity index (χ4v) is 3.67. The predicted octanol–water partition coefficient (Wildman–Crippen LogP) is 3.18. The summed E-state index contributed by atoms with van der Waals surface area (Å²) in [5.74, 6) is 0.808. The van der Waals surface area contributed by atoms with E-state index in [-0.39, 0.29) is 31.1 Å². The Balaban J connectivity index is 1.32. The van der Waals surface area contributed by atoms with Crippen molar-refractivity contribution in [2.24, 2.45) is 0 Å². The van der Waals surface area contributed by atoms with E-state index in [1.165, 1.54) is 22.9 Å². The third kappa shape index (κ3) is 5.64. The molecule has 2 aromatic heterocycles. The van der Waals surface area contributed by atoms with Gasteiger partial charge in [0, 0.05) is 23.1 Å². The SMILES string of the molecule is CCc1c(C)c2ccc(OCC(O)Cn3cc(COc4cccc([N+](=O)[O-])c4)nn3)cc2oc1=O. The van der Waals surface area contributed by atoms with E-state index in [4.69, 9.17) is 13.9 Å².